The third-order valence-corrected chi connectivity index (χ3v) is 3.35. The smallest absolute Gasteiger partial charge is 0.276 e. The van der Waals surface area contributed by atoms with Gasteiger partial charge in [-0.3, -0.25) is 9.59 Å². The third-order valence-electron chi connectivity index (χ3n) is 2.76. The third kappa shape index (κ3) is 2.55. The minimum absolute atomic E-state index is 0.299. The zero-order valence-electron chi connectivity index (χ0n) is 10.3. The summed E-state index contributed by atoms with van der Waals surface area (Å²) in [7, 11) is 0. The van der Waals surface area contributed by atoms with E-state index in [-0.39, 0.29) is 5.69 Å². The number of aromatic nitrogens is 2. The molecule has 0 saturated heterocycles. The fourth-order valence-electron chi connectivity index (χ4n) is 1.75. The van der Waals surface area contributed by atoms with Crippen LogP contribution >= 0.6 is 23.2 Å². The van der Waals surface area contributed by atoms with E-state index in [4.69, 9.17) is 23.2 Å². The van der Waals surface area contributed by atoms with Crippen LogP contribution in [0.25, 0.3) is 5.69 Å². The van der Waals surface area contributed by atoms with Gasteiger partial charge in [-0.1, -0.05) is 17.7 Å². The Kier molecular flexibility index (Phi) is 3.73. The van der Waals surface area contributed by atoms with Crippen molar-refractivity contribution in [2.45, 2.75) is 13.8 Å². The molecule has 0 aliphatic heterocycles. The van der Waals surface area contributed by atoms with Gasteiger partial charge < -0.3 is 0 Å². The maximum Gasteiger partial charge on any atom is 0.276 e. The molecule has 0 radical (unpaired) electrons. The molecule has 0 N–H and O–H groups in total. The summed E-state index contributed by atoms with van der Waals surface area (Å²) < 4.78 is 1.48. The molecule has 0 bridgehead atoms. The first-order valence-corrected chi connectivity index (χ1v) is 6.23. The zero-order chi connectivity index (χ0) is 14.2. The standard InChI is InChI=1S/C13H10Cl2N2O2/c1-7-6-11(18)12(13(15)19)16-17(7)10-5-3-4-9(14)8(10)2/h3-6H,1-2H3. The molecule has 0 spiro atoms. The second-order valence-electron chi connectivity index (χ2n) is 4.07. The van der Waals surface area contributed by atoms with Gasteiger partial charge >= 0.3 is 0 Å². The summed E-state index contributed by atoms with van der Waals surface area (Å²) in [6.07, 6.45) is 0. The Morgan fingerprint density at radius 1 is 1.32 bits per heavy atom. The molecular weight excluding hydrogens is 287 g/mol. The minimum atomic E-state index is -0.876. The number of nitrogens with zero attached hydrogens (tertiary/aromatic N) is 2. The van der Waals surface area contributed by atoms with Gasteiger partial charge in [-0.05, 0) is 43.1 Å². The largest absolute Gasteiger partial charge is 0.287 e. The lowest BCUT2D eigenvalue weighted by atomic mass is 10.2. The van der Waals surface area contributed by atoms with Gasteiger partial charge in [0.2, 0.25) is 5.43 Å². The van der Waals surface area contributed by atoms with Crippen LogP contribution in [0.1, 0.15) is 21.7 Å². The Hall–Kier alpha value is -1.65. The van der Waals surface area contributed by atoms with Gasteiger partial charge in [0.05, 0.1) is 5.69 Å². The Bertz CT molecular complexity index is 723. The molecular formula is C13H10Cl2N2O2. The first-order chi connectivity index (χ1) is 8.91. The molecule has 0 amide bonds. The number of aryl methyl sites for hydroxylation is 1. The summed E-state index contributed by atoms with van der Waals surface area (Å²) in [6, 6.07) is 6.65. The molecule has 0 saturated carbocycles. The maximum atomic E-state index is 11.6. The fraction of sp³-hybridized carbons (Fsp3) is 0.154. The van der Waals surface area contributed by atoms with E-state index in [1.54, 1.807) is 25.1 Å². The molecule has 0 atom stereocenters. The van der Waals surface area contributed by atoms with Crippen molar-refractivity contribution in [1.29, 1.82) is 0 Å². The summed E-state index contributed by atoms with van der Waals surface area (Å²) in [4.78, 5) is 22.8. The van der Waals surface area contributed by atoms with Gasteiger partial charge in [-0.15, -0.1) is 0 Å². The summed E-state index contributed by atoms with van der Waals surface area (Å²) in [6.45, 7) is 3.55. The van der Waals surface area contributed by atoms with Gasteiger partial charge in [0.25, 0.3) is 5.24 Å². The molecule has 0 aliphatic carbocycles. The van der Waals surface area contributed by atoms with E-state index in [1.807, 2.05) is 6.92 Å². The molecule has 0 unspecified atom stereocenters. The molecule has 4 nitrogen and oxygen atoms in total. The molecule has 1 heterocycles. The second kappa shape index (κ2) is 5.15. The Morgan fingerprint density at radius 3 is 2.63 bits per heavy atom. The van der Waals surface area contributed by atoms with E-state index in [1.165, 1.54) is 10.7 Å². The van der Waals surface area contributed by atoms with Crippen molar-refractivity contribution >= 4 is 28.4 Å². The van der Waals surface area contributed by atoms with Crippen LogP contribution in [0.5, 0.6) is 0 Å². The number of hydrogen-bond donors (Lipinski definition) is 0. The van der Waals surface area contributed by atoms with Crippen molar-refractivity contribution < 1.29 is 4.79 Å². The average Bonchev–Trinajstić information content (AvgIpc) is 2.33. The van der Waals surface area contributed by atoms with Crippen molar-refractivity contribution in [2.24, 2.45) is 0 Å². The molecule has 6 heteroatoms. The van der Waals surface area contributed by atoms with Gasteiger partial charge in [0.1, 0.15) is 0 Å². The van der Waals surface area contributed by atoms with Crippen LogP contribution in [0.4, 0.5) is 0 Å². The Morgan fingerprint density at radius 2 is 2.00 bits per heavy atom. The highest BCUT2D eigenvalue weighted by molar-refractivity contribution is 6.67. The van der Waals surface area contributed by atoms with Crippen molar-refractivity contribution in [3.63, 3.8) is 0 Å². The van der Waals surface area contributed by atoms with E-state index in [2.05, 4.69) is 5.10 Å². The van der Waals surface area contributed by atoms with Gasteiger partial charge in [-0.25, -0.2) is 4.68 Å². The predicted octanol–water partition coefficient (Wildman–Crippen LogP) is 2.88. The number of halogens is 2. The Balaban J connectivity index is 2.76. The maximum absolute atomic E-state index is 11.6. The average molecular weight is 297 g/mol. The van der Waals surface area contributed by atoms with Crippen LogP contribution in [0.3, 0.4) is 0 Å². The van der Waals surface area contributed by atoms with Crippen LogP contribution in [-0.2, 0) is 0 Å². The predicted molar refractivity (Wildman–Crippen MR) is 74.5 cm³/mol. The summed E-state index contributed by atoms with van der Waals surface area (Å²) in [5.74, 6) is 0. The molecule has 0 fully saturated rings. The molecule has 98 valence electrons. The summed E-state index contributed by atoms with van der Waals surface area (Å²) >= 11 is 11.4. The topological polar surface area (TPSA) is 52.0 Å². The highest BCUT2D eigenvalue weighted by atomic mass is 35.5. The van der Waals surface area contributed by atoms with Crippen molar-refractivity contribution in [2.75, 3.05) is 0 Å². The second-order valence-corrected chi connectivity index (χ2v) is 4.82. The molecule has 0 aliphatic rings. The fourth-order valence-corrected chi connectivity index (χ4v) is 2.05. The van der Waals surface area contributed by atoms with Crippen LogP contribution in [0.15, 0.2) is 29.1 Å². The van der Waals surface area contributed by atoms with Crippen LogP contribution < -0.4 is 5.43 Å². The lowest BCUT2D eigenvalue weighted by Crippen LogP contribution is -2.21. The normalized spacial score (nSPS) is 10.5. The van der Waals surface area contributed by atoms with Crippen LogP contribution in [0, 0.1) is 13.8 Å². The zero-order valence-corrected chi connectivity index (χ0v) is 11.8. The van der Waals surface area contributed by atoms with Gasteiger partial charge in [0, 0.05) is 16.8 Å². The van der Waals surface area contributed by atoms with Gasteiger partial charge in [-0.2, -0.15) is 5.10 Å². The molecule has 1 aromatic heterocycles. The molecule has 2 aromatic rings. The minimum Gasteiger partial charge on any atom is -0.287 e. The number of rotatable bonds is 2. The van der Waals surface area contributed by atoms with Crippen LogP contribution in [0.2, 0.25) is 5.02 Å². The SMILES string of the molecule is Cc1c(Cl)cccc1-n1nc(C(=O)Cl)c(=O)cc1C. The van der Waals surface area contributed by atoms with E-state index in [0.717, 1.165) is 5.56 Å². The molecule has 1 aromatic carbocycles. The van der Waals surface area contributed by atoms with Crippen molar-refractivity contribution in [3.8, 4) is 5.69 Å². The highest BCUT2D eigenvalue weighted by Crippen LogP contribution is 2.22. The number of benzene rings is 1. The lowest BCUT2D eigenvalue weighted by molar-refractivity contribution is 0.107. The number of carbonyl (C=O) groups excluding carboxylic acids is 1. The summed E-state index contributed by atoms with van der Waals surface area (Å²) in [5, 5.41) is 3.71. The van der Waals surface area contributed by atoms with Crippen molar-refractivity contribution in [1.82, 2.24) is 9.78 Å². The van der Waals surface area contributed by atoms with E-state index in [0.29, 0.717) is 16.4 Å². The van der Waals surface area contributed by atoms with E-state index >= 15 is 0 Å². The number of carbonyl (C=O) groups is 1. The van der Waals surface area contributed by atoms with Crippen LogP contribution in [-0.4, -0.2) is 15.0 Å². The van der Waals surface area contributed by atoms with E-state index < -0.39 is 10.7 Å². The number of hydrogen-bond acceptors (Lipinski definition) is 3. The van der Waals surface area contributed by atoms with Crippen molar-refractivity contribution in [3.05, 3.63) is 56.5 Å². The van der Waals surface area contributed by atoms with Gasteiger partial charge in [0.15, 0.2) is 5.69 Å². The first-order valence-electron chi connectivity index (χ1n) is 5.48. The summed E-state index contributed by atoms with van der Waals surface area (Å²) in [5.41, 5.74) is 1.30. The lowest BCUT2D eigenvalue weighted by Gasteiger charge is -2.13. The quantitative estimate of drug-likeness (QED) is 0.801. The highest BCUT2D eigenvalue weighted by Gasteiger charge is 2.14. The Labute approximate surface area is 119 Å². The molecule has 19 heavy (non-hydrogen) atoms. The first kappa shape index (κ1) is 13.8. The van der Waals surface area contributed by atoms with E-state index in [9.17, 15) is 9.59 Å². The molecule has 2 rings (SSSR count). The monoisotopic (exact) mass is 296 g/mol.